The average molecular weight is 256 g/mol. The minimum atomic E-state index is 0.390. The monoisotopic (exact) mass is 255 g/mol. The summed E-state index contributed by atoms with van der Waals surface area (Å²) in [6, 6.07) is 7.48. The van der Waals surface area contributed by atoms with E-state index in [-0.39, 0.29) is 0 Å². The molecule has 2 nitrogen and oxygen atoms in total. The van der Waals surface area contributed by atoms with Gasteiger partial charge in [-0.15, -0.1) is 0 Å². The van der Waals surface area contributed by atoms with E-state index in [4.69, 9.17) is 16.3 Å². The zero-order valence-corrected chi connectivity index (χ0v) is 11.7. The lowest BCUT2D eigenvalue weighted by molar-refractivity contribution is 0.304. The molecule has 1 aromatic rings. The SMILES string of the molecule is CC(C)(C)CCNCCOc1cccc(Cl)c1. The maximum Gasteiger partial charge on any atom is 0.120 e. The van der Waals surface area contributed by atoms with Crippen LogP contribution in [0.25, 0.3) is 0 Å². The summed E-state index contributed by atoms with van der Waals surface area (Å²) in [4.78, 5) is 0. The van der Waals surface area contributed by atoms with Gasteiger partial charge in [0.25, 0.3) is 0 Å². The molecule has 96 valence electrons. The minimum absolute atomic E-state index is 0.390. The molecule has 0 saturated heterocycles. The summed E-state index contributed by atoms with van der Waals surface area (Å²) in [6.07, 6.45) is 1.17. The highest BCUT2D eigenvalue weighted by Gasteiger charge is 2.08. The van der Waals surface area contributed by atoms with E-state index in [1.165, 1.54) is 6.42 Å². The number of hydrogen-bond acceptors (Lipinski definition) is 2. The summed E-state index contributed by atoms with van der Waals surface area (Å²) in [5, 5.41) is 4.08. The Bertz CT molecular complexity index is 333. The smallest absolute Gasteiger partial charge is 0.120 e. The lowest BCUT2D eigenvalue weighted by Crippen LogP contribution is -2.25. The van der Waals surface area contributed by atoms with E-state index >= 15 is 0 Å². The van der Waals surface area contributed by atoms with Gasteiger partial charge in [0.1, 0.15) is 12.4 Å². The van der Waals surface area contributed by atoms with Gasteiger partial charge in [0.05, 0.1) is 0 Å². The van der Waals surface area contributed by atoms with Gasteiger partial charge < -0.3 is 10.1 Å². The molecule has 3 heteroatoms. The van der Waals surface area contributed by atoms with Crippen LogP contribution >= 0.6 is 11.6 Å². The molecule has 0 bridgehead atoms. The molecule has 0 aliphatic carbocycles. The molecular weight excluding hydrogens is 234 g/mol. The van der Waals surface area contributed by atoms with Crippen LogP contribution in [0, 0.1) is 5.41 Å². The predicted octanol–water partition coefficient (Wildman–Crippen LogP) is 3.74. The van der Waals surface area contributed by atoms with Gasteiger partial charge in [0.15, 0.2) is 0 Å². The largest absolute Gasteiger partial charge is 0.492 e. The molecular formula is C14H22ClNO. The Morgan fingerprint density at radius 3 is 2.65 bits per heavy atom. The van der Waals surface area contributed by atoms with E-state index in [2.05, 4.69) is 26.1 Å². The quantitative estimate of drug-likeness (QED) is 0.782. The molecule has 0 aliphatic heterocycles. The van der Waals surface area contributed by atoms with Gasteiger partial charge in [-0.3, -0.25) is 0 Å². The summed E-state index contributed by atoms with van der Waals surface area (Å²) in [6.45, 7) is 9.31. The van der Waals surface area contributed by atoms with Gasteiger partial charge in [0.2, 0.25) is 0 Å². The molecule has 0 unspecified atom stereocenters. The van der Waals surface area contributed by atoms with Crippen molar-refractivity contribution in [2.75, 3.05) is 19.7 Å². The molecule has 1 rings (SSSR count). The van der Waals surface area contributed by atoms with Crippen LogP contribution in [-0.2, 0) is 0 Å². The van der Waals surface area contributed by atoms with Crippen molar-refractivity contribution in [1.29, 1.82) is 0 Å². The van der Waals surface area contributed by atoms with E-state index < -0.39 is 0 Å². The molecule has 1 N–H and O–H groups in total. The average Bonchev–Trinajstić information content (AvgIpc) is 2.22. The lowest BCUT2D eigenvalue weighted by atomic mass is 9.92. The Kier molecular flexibility index (Phi) is 5.79. The van der Waals surface area contributed by atoms with Crippen LogP contribution in [0.2, 0.25) is 5.02 Å². The fourth-order valence-electron chi connectivity index (χ4n) is 1.39. The third-order valence-corrected chi connectivity index (χ3v) is 2.63. The number of benzene rings is 1. The molecule has 0 amide bonds. The van der Waals surface area contributed by atoms with Crippen molar-refractivity contribution < 1.29 is 4.74 Å². The number of halogens is 1. The summed E-state index contributed by atoms with van der Waals surface area (Å²) in [5.74, 6) is 0.829. The second-order valence-electron chi connectivity index (χ2n) is 5.37. The first-order valence-electron chi connectivity index (χ1n) is 6.06. The molecule has 0 radical (unpaired) electrons. The van der Waals surface area contributed by atoms with Crippen molar-refractivity contribution in [1.82, 2.24) is 5.32 Å². The number of ether oxygens (including phenoxy) is 1. The van der Waals surface area contributed by atoms with Crippen LogP contribution in [0.1, 0.15) is 27.2 Å². The highest BCUT2D eigenvalue weighted by atomic mass is 35.5. The van der Waals surface area contributed by atoms with Crippen LogP contribution in [0.3, 0.4) is 0 Å². The Balaban J connectivity index is 2.09. The Morgan fingerprint density at radius 1 is 1.24 bits per heavy atom. The van der Waals surface area contributed by atoms with Crippen LogP contribution in [0.5, 0.6) is 5.75 Å². The minimum Gasteiger partial charge on any atom is -0.492 e. The second-order valence-corrected chi connectivity index (χ2v) is 5.80. The first-order chi connectivity index (χ1) is 7.97. The highest BCUT2D eigenvalue weighted by Crippen LogP contribution is 2.17. The van der Waals surface area contributed by atoms with Gasteiger partial charge in [-0.25, -0.2) is 0 Å². The van der Waals surface area contributed by atoms with E-state index in [9.17, 15) is 0 Å². The molecule has 0 heterocycles. The zero-order chi connectivity index (χ0) is 12.7. The summed E-state index contributed by atoms with van der Waals surface area (Å²) in [5.41, 5.74) is 0.390. The van der Waals surface area contributed by atoms with Crippen molar-refractivity contribution in [3.63, 3.8) is 0 Å². The number of hydrogen-bond donors (Lipinski definition) is 1. The molecule has 0 fully saturated rings. The first kappa shape index (κ1) is 14.3. The van der Waals surface area contributed by atoms with Gasteiger partial charge in [-0.2, -0.15) is 0 Å². The summed E-state index contributed by atoms with van der Waals surface area (Å²) in [7, 11) is 0. The van der Waals surface area contributed by atoms with Gasteiger partial charge in [-0.1, -0.05) is 38.4 Å². The van der Waals surface area contributed by atoms with E-state index in [0.29, 0.717) is 17.0 Å². The molecule has 0 spiro atoms. The zero-order valence-electron chi connectivity index (χ0n) is 10.9. The normalized spacial score (nSPS) is 11.5. The third kappa shape index (κ3) is 7.24. The third-order valence-electron chi connectivity index (χ3n) is 2.40. The number of nitrogens with one attached hydrogen (secondary N) is 1. The lowest BCUT2D eigenvalue weighted by Gasteiger charge is -2.18. The van der Waals surface area contributed by atoms with Gasteiger partial charge in [0, 0.05) is 11.6 Å². The Morgan fingerprint density at radius 2 is 2.00 bits per heavy atom. The molecule has 0 atom stereocenters. The predicted molar refractivity (Wildman–Crippen MR) is 73.9 cm³/mol. The fourth-order valence-corrected chi connectivity index (χ4v) is 1.57. The summed E-state index contributed by atoms with van der Waals surface area (Å²) < 4.78 is 5.57. The van der Waals surface area contributed by atoms with Crippen molar-refractivity contribution in [3.8, 4) is 5.75 Å². The summed E-state index contributed by atoms with van der Waals surface area (Å²) >= 11 is 5.86. The van der Waals surface area contributed by atoms with Gasteiger partial charge in [-0.05, 0) is 36.6 Å². The van der Waals surface area contributed by atoms with Crippen LogP contribution in [0.4, 0.5) is 0 Å². The van der Waals surface area contributed by atoms with E-state index in [1.54, 1.807) is 0 Å². The van der Waals surface area contributed by atoms with Crippen molar-refractivity contribution in [2.24, 2.45) is 5.41 Å². The van der Waals surface area contributed by atoms with Gasteiger partial charge >= 0.3 is 0 Å². The molecule has 1 aromatic carbocycles. The van der Waals surface area contributed by atoms with Crippen molar-refractivity contribution in [3.05, 3.63) is 29.3 Å². The Hall–Kier alpha value is -0.730. The molecule has 0 aromatic heterocycles. The molecule has 0 saturated carbocycles. The standard InChI is InChI=1S/C14H22ClNO/c1-14(2,3)7-8-16-9-10-17-13-6-4-5-12(15)11-13/h4-6,11,16H,7-10H2,1-3H3. The second kappa shape index (κ2) is 6.87. The van der Waals surface area contributed by atoms with Crippen LogP contribution in [0.15, 0.2) is 24.3 Å². The highest BCUT2D eigenvalue weighted by molar-refractivity contribution is 6.30. The van der Waals surface area contributed by atoms with E-state index in [1.807, 2.05) is 24.3 Å². The topological polar surface area (TPSA) is 21.3 Å². The maximum absolute atomic E-state index is 5.86. The maximum atomic E-state index is 5.86. The van der Waals surface area contributed by atoms with E-state index in [0.717, 1.165) is 18.8 Å². The first-order valence-corrected chi connectivity index (χ1v) is 6.44. The Labute approximate surface area is 109 Å². The fraction of sp³-hybridized carbons (Fsp3) is 0.571. The van der Waals surface area contributed by atoms with Crippen molar-refractivity contribution in [2.45, 2.75) is 27.2 Å². The molecule has 17 heavy (non-hydrogen) atoms. The van der Waals surface area contributed by atoms with Crippen LogP contribution < -0.4 is 10.1 Å². The van der Waals surface area contributed by atoms with Crippen molar-refractivity contribution >= 4 is 11.6 Å². The van der Waals surface area contributed by atoms with Crippen LogP contribution in [-0.4, -0.2) is 19.7 Å². The molecule has 0 aliphatic rings. The number of rotatable bonds is 6.